The van der Waals surface area contributed by atoms with E-state index in [1.54, 1.807) is 11.9 Å². The normalized spacial score (nSPS) is 11.5. The second-order valence-corrected chi connectivity index (χ2v) is 5.92. The minimum Gasteiger partial charge on any atom is -0.465 e. The molecular weight excluding hydrogens is 246 g/mol. The molecule has 5 nitrogen and oxygen atoms in total. The summed E-state index contributed by atoms with van der Waals surface area (Å²) < 4.78 is 10.1. The molecule has 19 heavy (non-hydrogen) atoms. The summed E-state index contributed by atoms with van der Waals surface area (Å²) in [4.78, 5) is 24.4. The van der Waals surface area contributed by atoms with E-state index in [4.69, 9.17) is 9.47 Å². The SMILES string of the molecule is CCCOC(=O)CN(C)CC(=O)OCCC(C)(C)C. The minimum atomic E-state index is -0.313. The fourth-order valence-corrected chi connectivity index (χ4v) is 1.27. The van der Waals surface area contributed by atoms with Gasteiger partial charge in [-0.05, 0) is 25.3 Å². The van der Waals surface area contributed by atoms with Crippen LogP contribution in [0.1, 0.15) is 40.5 Å². The lowest BCUT2D eigenvalue weighted by molar-refractivity contribution is -0.148. The maximum absolute atomic E-state index is 11.5. The van der Waals surface area contributed by atoms with Crippen molar-refractivity contribution in [2.45, 2.75) is 40.5 Å². The zero-order chi connectivity index (χ0) is 14.9. The van der Waals surface area contributed by atoms with Gasteiger partial charge in [0.1, 0.15) is 0 Å². The Morgan fingerprint density at radius 3 is 1.89 bits per heavy atom. The summed E-state index contributed by atoms with van der Waals surface area (Å²) in [7, 11) is 1.69. The molecule has 0 saturated heterocycles. The zero-order valence-electron chi connectivity index (χ0n) is 12.8. The van der Waals surface area contributed by atoms with Gasteiger partial charge in [0, 0.05) is 0 Å². The molecule has 0 aliphatic rings. The number of carbonyl (C=O) groups is 2. The summed E-state index contributed by atoms with van der Waals surface area (Å²) in [5.41, 5.74) is 0.149. The van der Waals surface area contributed by atoms with Crippen LogP contribution in [0.3, 0.4) is 0 Å². The van der Waals surface area contributed by atoms with E-state index in [2.05, 4.69) is 20.8 Å². The van der Waals surface area contributed by atoms with E-state index in [1.807, 2.05) is 6.92 Å². The molecule has 0 N–H and O–H groups in total. The van der Waals surface area contributed by atoms with Crippen LogP contribution in [0.25, 0.3) is 0 Å². The Labute approximate surface area is 116 Å². The number of hydrogen-bond acceptors (Lipinski definition) is 5. The molecule has 5 heteroatoms. The Bertz CT molecular complexity index is 284. The molecule has 0 radical (unpaired) electrons. The van der Waals surface area contributed by atoms with Gasteiger partial charge in [-0.2, -0.15) is 0 Å². The monoisotopic (exact) mass is 273 g/mol. The minimum absolute atomic E-state index is 0.103. The first-order valence-corrected chi connectivity index (χ1v) is 6.74. The lowest BCUT2D eigenvalue weighted by Gasteiger charge is -2.19. The number of ether oxygens (including phenoxy) is 2. The van der Waals surface area contributed by atoms with Crippen molar-refractivity contribution in [3.63, 3.8) is 0 Å². The van der Waals surface area contributed by atoms with E-state index < -0.39 is 0 Å². The van der Waals surface area contributed by atoms with Gasteiger partial charge in [0.05, 0.1) is 26.3 Å². The Hall–Kier alpha value is -1.10. The van der Waals surface area contributed by atoms with Gasteiger partial charge in [0.15, 0.2) is 0 Å². The third-order valence-corrected chi connectivity index (χ3v) is 2.38. The van der Waals surface area contributed by atoms with Gasteiger partial charge in [-0.15, -0.1) is 0 Å². The highest BCUT2D eigenvalue weighted by molar-refractivity contribution is 5.74. The van der Waals surface area contributed by atoms with Crippen molar-refractivity contribution in [1.82, 2.24) is 4.90 Å². The summed E-state index contributed by atoms with van der Waals surface area (Å²) >= 11 is 0. The highest BCUT2D eigenvalue weighted by atomic mass is 16.5. The molecule has 0 aromatic heterocycles. The van der Waals surface area contributed by atoms with Crippen LogP contribution in [0.2, 0.25) is 0 Å². The molecule has 0 aromatic rings. The first-order valence-electron chi connectivity index (χ1n) is 6.74. The number of likely N-dealkylation sites (N-methyl/N-ethyl adjacent to an activating group) is 1. The number of rotatable bonds is 8. The quantitative estimate of drug-likeness (QED) is 0.632. The standard InChI is InChI=1S/C14H27NO4/c1-6-8-18-12(16)10-15(5)11-13(17)19-9-7-14(2,3)4/h6-11H2,1-5H3. The van der Waals surface area contributed by atoms with Crippen molar-refractivity contribution in [3.8, 4) is 0 Å². The molecule has 0 unspecified atom stereocenters. The largest absolute Gasteiger partial charge is 0.465 e. The second-order valence-electron chi connectivity index (χ2n) is 5.92. The lowest BCUT2D eigenvalue weighted by Crippen LogP contribution is -2.33. The average Bonchev–Trinajstić information content (AvgIpc) is 2.24. The van der Waals surface area contributed by atoms with E-state index in [0.29, 0.717) is 13.2 Å². The van der Waals surface area contributed by atoms with Crippen molar-refractivity contribution in [1.29, 1.82) is 0 Å². The van der Waals surface area contributed by atoms with Crippen molar-refractivity contribution in [2.75, 3.05) is 33.4 Å². The van der Waals surface area contributed by atoms with E-state index in [0.717, 1.165) is 12.8 Å². The van der Waals surface area contributed by atoms with Crippen LogP contribution in [0, 0.1) is 5.41 Å². The van der Waals surface area contributed by atoms with Gasteiger partial charge in [0.2, 0.25) is 0 Å². The zero-order valence-corrected chi connectivity index (χ0v) is 12.8. The summed E-state index contributed by atoms with van der Waals surface area (Å²) in [5, 5.41) is 0. The van der Waals surface area contributed by atoms with Crippen molar-refractivity contribution >= 4 is 11.9 Å². The topological polar surface area (TPSA) is 55.8 Å². The molecular formula is C14H27NO4. The van der Waals surface area contributed by atoms with Crippen LogP contribution in [-0.2, 0) is 19.1 Å². The molecule has 0 heterocycles. The second kappa shape index (κ2) is 8.91. The predicted octanol–water partition coefficient (Wildman–Crippen LogP) is 1.85. The first-order chi connectivity index (χ1) is 8.74. The van der Waals surface area contributed by atoms with Gasteiger partial charge >= 0.3 is 11.9 Å². The highest BCUT2D eigenvalue weighted by Crippen LogP contribution is 2.17. The van der Waals surface area contributed by atoms with Crippen LogP contribution in [0.4, 0.5) is 0 Å². The Morgan fingerprint density at radius 1 is 1.00 bits per heavy atom. The molecule has 0 spiro atoms. The maximum Gasteiger partial charge on any atom is 0.320 e. The molecule has 0 bridgehead atoms. The van der Waals surface area contributed by atoms with Gasteiger partial charge in [0.25, 0.3) is 0 Å². The van der Waals surface area contributed by atoms with Gasteiger partial charge in [-0.1, -0.05) is 27.7 Å². The number of nitrogens with zero attached hydrogens (tertiary/aromatic N) is 1. The Morgan fingerprint density at radius 2 is 1.47 bits per heavy atom. The van der Waals surface area contributed by atoms with Gasteiger partial charge < -0.3 is 9.47 Å². The summed E-state index contributed by atoms with van der Waals surface area (Å²) in [5.74, 6) is -0.623. The molecule has 0 amide bonds. The fourth-order valence-electron chi connectivity index (χ4n) is 1.27. The van der Waals surface area contributed by atoms with E-state index in [1.165, 1.54) is 0 Å². The van der Waals surface area contributed by atoms with Crippen molar-refractivity contribution in [2.24, 2.45) is 5.41 Å². The van der Waals surface area contributed by atoms with Crippen molar-refractivity contribution < 1.29 is 19.1 Å². The fraction of sp³-hybridized carbons (Fsp3) is 0.857. The van der Waals surface area contributed by atoms with Crippen LogP contribution >= 0.6 is 0 Å². The van der Waals surface area contributed by atoms with Crippen LogP contribution in [0.5, 0.6) is 0 Å². The third-order valence-electron chi connectivity index (χ3n) is 2.38. The average molecular weight is 273 g/mol. The molecule has 0 aromatic carbocycles. The maximum atomic E-state index is 11.5. The summed E-state index contributed by atoms with van der Waals surface area (Å²) in [6.45, 7) is 9.26. The first kappa shape index (κ1) is 17.9. The van der Waals surface area contributed by atoms with E-state index in [-0.39, 0.29) is 30.4 Å². The number of esters is 2. The lowest BCUT2D eigenvalue weighted by atomic mass is 9.93. The van der Waals surface area contributed by atoms with Crippen molar-refractivity contribution in [3.05, 3.63) is 0 Å². The van der Waals surface area contributed by atoms with Crippen LogP contribution in [-0.4, -0.2) is 50.2 Å². The molecule has 0 rings (SSSR count). The molecule has 0 aliphatic heterocycles. The van der Waals surface area contributed by atoms with Crippen LogP contribution < -0.4 is 0 Å². The number of carbonyl (C=O) groups excluding carboxylic acids is 2. The highest BCUT2D eigenvalue weighted by Gasteiger charge is 2.14. The summed E-state index contributed by atoms with van der Waals surface area (Å²) in [6, 6.07) is 0. The molecule has 0 aliphatic carbocycles. The Balaban J connectivity index is 3.77. The third kappa shape index (κ3) is 11.7. The molecule has 0 atom stereocenters. The Kier molecular flexibility index (Phi) is 8.39. The molecule has 0 fully saturated rings. The molecule has 112 valence electrons. The smallest absolute Gasteiger partial charge is 0.320 e. The van der Waals surface area contributed by atoms with Gasteiger partial charge in [-0.25, -0.2) is 0 Å². The number of hydrogen-bond donors (Lipinski definition) is 0. The van der Waals surface area contributed by atoms with Crippen LogP contribution in [0.15, 0.2) is 0 Å². The van der Waals surface area contributed by atoms with E-state index in [9.17, 15) is 9.59 Å². The molecule has 0 saturated carbocycles. The van der Waals surface area contributed by atoms with Gasteiger partial charge in [-0.3, -0.25) is 14.5 Å². The van der Waals surface area contributed by atoms with E-state index >= 15 is 0 Å². The predicted molar refractivity (Wildman–Crippen MR) is 73.8 cm³/mol. The summed E-state index contributed by atoms with van der Waals surface area (Å²) in [6.07, 6.45) is 1.62.